The minimum absolute atomic E-state index is 0.130. The predicted octanol–water partition coefficient (Wildman–Crippen LogP) is 2.78. The Balaban J connectivity index is 1.78. The molecule has 0 amide bonds. The van der Waals surface area contributed by atoms with Crippen molar-refractivity contribution in [1.29, 1.82) is 0 Å². The molecule has 0 radical (unpaired) electrons. The lowest BCUT2D eigenvalue weighted by atomic mass is 9.75. The summed E-state index contributed by atoms with van der Waals surface area (Å²) in [6.45, 7) is 0. The van der Waals surface area contributed by atoms with Gasteiger partial charge in [0.25, 0.3) is 0 Å². The number of sulfonamides is 1. The number of carbonyl (C=O) groups is 1. The van der Waals surface area contributed by atoms with Crippen LogP contribution >= 0.6 is 22.9 Å². The average molecular weight is 499 g/mol. The summed E-state index contributed by atoms with van der Waals surface area (Å²) in [7, 11) is -2.08. The maximum Gasteiger partial charge on any atom is 0.338 e. The maximum absolute atomic E-state index is 13.7. The van der Waals surface area contributed by atoms with E-state index in [0.717, 1.165) is 6.26 Å². The molecule has 0 spiro atoms. The molecule has 0 saturated heterocycles. The highest BCUT2D eigenvalue weighted by atomic mass is 35.5. The zero-order valence-electron chi connectivity index (χ0n) is 17.1. The van der Waals surface area contributed by atoms with Gasteiger partial charge >= 0.3 is 5.97 Å². The molecule has 8 nitrogen and oxygen atoms in total. The average Bonchev–Trinajstić information content (AvgIpc) is 3.23. The smallest absolute Gasteiger partial charge is 0.338 e. The topological polar surface area (TPSA) is 110 Å². The number of aliphatic imine (C=N–C) groups is 1. The van der Waals surface area contributed by atoms with Crippen LogP contribution in [0.4, 0.5) is 4.39 Å². The number of halogens is 2. The molecular weight excluding hydrogens is 479 g/mol. The van der Waals surface area contributed by atoms with Crippen LogP contribution < -0.4 is 10.0 Å². The second-order valence-corrected chi connectivity index (χ2v) is 10.7. The van der Waals surface area contributed by atoms with Crippen LogP contribution in [0.5, 0.6) is 0 Å². The predicted molar refractivity (Wildman–Crippen MR) is 119 cm³/mol. The van der Waals surface area contributed by atoms with Crippen molar-refractivity contribution >= 4 is 44.8 Å². The van der Waals surface area contributed by atoms with E-state index in [2.05, 4.69) is 20.0 Å². The Bertz CT molecular complexity index is 1210. The monoisotopic (exact) mass is 498 g/mol. The van der Waals surface area contributed by atoms with Gasteiger partial charge in [0.1, 0.15) is 11.9 Å². The quantitative estimate of drug-likeness (QED) is 0.593. The first-order valence-electron chi connectivity index (χ1n) is 9.65. The van der Waals surface area contributed by atoms with Gasteiger partial charge in [0, 0.05) is 39.8 Å². The molecule has 4 rings (SSSR count). The van der Waals surface area contributed by atoms with Gasteiger partial charge in [-0.1, -0.05) is 17.7 Å². The van der Waals surface area contributed by atoms with Gasteiger partial charge < -0.3 is 10.1 Å². The van der Waals surface area contributed by atoms with Crippen molar-refractivity contribution in [3.8, 4) is 0 Å². The first-order chi connectivity index (χ1) is 15.2. The van der Waals surface area contributed by atoms with Crippen molar-refractivity contribution in [2.75, 3.05) is 13.4 Å². The number of amidine groups is 1. The Hall–Kier alpha value is -2.34. The molecule has 12 heteroatoms. The number of nitrogens with one attached hydrogen (secondary N) is 2. The normalized spacial score (nSPS) is 23.2. The molecule has 1 aromatic carbocycles. The van der Waals surface area contributed by atoms with Crippen molar-refractivity contribution in [2.24, 2.45) is 10.9 Å². The lowest BCUT2D eigenvalue weighted by molar-refractivity contribution is -0.136. The largest absolute Gasteiger partial charge is 0.466 e. The van der Waals surface area contributed by atoms with Crippen LogP contribution in [0.1, 0.15) is 29.5 Å². The fourth-order valence-electron chi connectivity index (χ4n) is 3.87. The summed E-state index contributed by atoms with van der Waals surface area (Å²) in [5.41, 5.74) is 1.28. The number of hydrogen-bond acceptors (Lipinski definition) is 8. The van der Waals surface area contributed by atoms with Gasteiger partial charge in [0.15, 0.2) is 10.8 Å². The van der Waals surface area contributed by atoms with E-state index in [4.69, 9.17) is 16.3 Å². The Kier molecular flexibility index (Phi) is 6.35. The van der Waals surface area contributed by atoms with Crippen molar-refractivity contribution < 1.29 is 22.3 Å². The fraction of sp³-hybridized carbons (Fsp3) is 0.350. The summed E-state index contributed by atoms with van der Waals surface area (Å²) in [6.07, 6.45) is 3.73. The number of rotatable bonds is 6. The fourth-order valence-corrected chi connectivity index (χ4v) is 5.53. The Morgan fingerprint density at radius 1 is 1.38 bits per heavy atom. The number of nitrogens with zero attached hydrogens (tertiary/aromatic N) is 2. The van der Waals surface area contributed by atoms with E-state index in [0.29, 0.717) is 34.9 Å². The molecule has 0 bridgehead atoms. The second kappa shape index (κ2) is 8.89. The Morgan fingerprint density at radius 2 is 2.12 bits per heavy atom. The van der Waals surface area contributed by atoms with E-state index in [-0.39, 0.29) is 22.6 Å². The van der Waals surface area contributed by atoms with Gasteiger partial charge in [-0.25, -0.2) is 27.3 Å². The molecule has 2 aromatic rings. The van der Waals surface area contributed by atoms with E-state index in [1.54, 1.807) is 11.6 Å². The third kappa shape index (κ3) is 4.70. The number of benzene rings is 1. The SMILES string of the molecule is COC(=O)C1=C([C@H]2C[C@@H](NS(C)(=O)=O)C2)NC(c2nccs2)=NC1c1ccc(F)cc1Cl. The van der Waals surface area contributed by atoms with Crippen molar-refractivity contribution in [2.45, 2.75) is 24.9 Å². The van der Waals surface area contributed by atoms with Crippen LogP contribution in [0.3, 0.4) is 0 Å². The maximum atomic E-state index is 13.7. The molecule has 2 heterocycles. The molecular formula is C20H20ClFN4O4S2. The molecule has 1 saturated carbocycles. The molecule has 2 aliphatic rings. The Labute approximate surface area is 193 Å². The molecule has 1 fully saturated rings. The van der Waals surface area contributed by atoms with Gasteiger partial charge in [0.2, 0.25) is 10.0 Å². The van der Waals surface area contributed by atoms with E-state index >= 15 is 0 Å². The highest BCUT2D eigenvalue weighted by Crippen LogP contribution is 2.42. The number of carbonyl (C=O) groups excluding carboxylic acids is 1. The van der Waals surface area contributed by atoms with E-state index in [1.807, 2.05) is 0 Å². The lowest BCUT2D eigenvalue weighted by Gasteiger charge is -2.40. The third-order valence-electron chi connectivity index (χ3n) is 5.30. The van der Waals surface area contributed by atoms with Crippen LogP contribution in [0.25, 0.3) is 0 Å². The van der Waals surface area contributed by atoms with E-state index < -0.39 is 27.9 Å². The number of esters is 1. The number of hydrogen-bond donors (Lipinski definition) is 2. The minimum atomic E-state index is -3.35. The van der Waals surface area contributed by atoms with Crippen molar-refractivity contribution in [1.82, 2.24) is 15.0 Å². The molecule has 1 aliphatic carbocycles. The van der Waals surface area contributed by atoms with Gasteiger partial charge in [-0.3, -0.25) is 4.99 Å². The minimum Gasteiger partial charge on any atom is -0.466 e. The molecule has 1 unspecified atom stereocenters. The molecule has 1 aromatic heterocycles. The molecule has 32 heavy (non-hydrogen) atoms. The van der Waals surface area contributed by atoms with Crippen molar-refractivity contribution in [3.05, 3.63) is 62.5 Å². The molecule has 2 N–H and O–H groups in total. The van der Waals surface area contributed by atoms with Crippen LogP contribution in [-0.2, 0) is 19.6 Å². The molecule has 1 atom stereocenters. The zero-order chi connectivity index (χ0) is 23.0. The highest BCUT2D eigenvalue weighted by molar-refractivity contribution is 7.88. The summed E-state index contributed by atoms with van der Waals surface area (Å²) >= 11 is 7.69. The summed E-state index contributed by atoms with van der Waals surface area (Å²) in [5, 5.41) is 5.76. The molecule has 170 valence electrons. The van der Waals surface area contributed by atoms with Crippen molar-refractivity contribution in [3.63, 3.8) is 0 Å². The summed E-state index contributed by atoms with van der Waals surface area (Å²) in [5.74, 6) is -0.795. The first-order valence-corrected chi connectivity index (χ1v) is 12.8. The van der Waals surface area contributed by atoms with Crippen LogP contribution in [0.2, 0.25) is 5.02 Å². The number of ether oxygens (including phenoxy) is 1. The third-order valence-corrected chi connectivity index (χ3v) is 7.17. The van der Waals surface area contributed by atoms with Gasteiger partial charge in [0.05, 0.1) is 18.9 Å². The van der Waals surface area contributed by atoms with Crippen LogP contribution in [0, 0.1) is 11.7 Å². The Morgan fingerprint density at radius 3 is 2.72 bits per heavy atom. The number of allylic oxidation sites excluding steroid dienone is 1. The zero-order valence-corrected chi connectivity index (χ0v) is 19.5. The standard InChI is InChI=1S/C20H20ClFN4O4S2/c1-30-20(27)15-16(10-7-12(8-10)26-32(2,28)29)24-18(19-23-5-6-31-19)25-17(15)13-4-3-11(22)9-14(13)21/h3-6,9-10,12,17,26H,7-8H2,1-2H3,(H,24,25)/t10-,12+,17?. The van der Waals surface area contributed by atoms with Crippen LogP contribution in [0.15, 0.2) is 46.0 Å². The summed E-state index contributed by atoms with van der Waals surface area (Å²) in [4.78, 5) is 21.8. The van der Waals surface area contributed by atoms with Gasteiger partial charge in [-0.2, -0.15) is 0 Å². The first kappa shape index (κ1) is 22.8. The van der Waals surface area contributed by atoms with E-state index in [9.17, 15) is 17.6 Å². The highest BCUT2D eigenvalue weighted by Gasteiger charge is 2.41. The molecule has 1 aliphatic heterocycles. The van der Waals surface area contributed by atoms with E-state index in [1.165, 1.54) is 36.6 Å². The lowest BCUT2D eigenvalue weighted by Crippen LogP contribution is -2.48. The van der Waals surface area contributed by atoms with Gasteiger partial charge in [-0.05, 0) is 25.0 Å². The number of methoxy groups -OCH3 is 1. The summed E-state index contributed by atoms with van der Waals surface area (Å²) < 4.78 is 44.4. The van der Waals surface area contributed by atoms with Crippen LogP contribution in [-0.4, -0.2) is 44.6 Å². The van der Waals surface area contributed by atoms with Gasteiger partial charge in [-0.15, -0.1) is 11.3 Å². The summed E-state index contributed by atoms with van der Waals surface area (Å²) in [6, 6.07) is 2.84. The second-order valence-electron chi connectivity index (χ2n) is 7.58. The number of aromatic nitrogens is 1. The number of thiazole rings is 1.